The van der Waals surface area contributed by atoms with E-state index in [1.54, 1.807) is 26.0 Å². The van der Waals surface area contributed by atoms with Crippen LogP contribution < -0.4 is 8.92 Å². The van der Waals surface area contributed by atoms with Crippen molar-refractivity contribution in [1.29, 1.82) is 0 Å². The van der Waals surface area contributed by atoms with E-state index in [4.69, 9.17) is 8.92 Å². The molecule has 0 N–H and O–H groups in total. The molecule has 0 heterocycles. The van der Waals surface area contributed by atoms with Crippen LogP contribution in [0.15, 0.2) is 35.2 Å². The number of hydrogen-bond donors (Lipinski definition) is 0. The average Bonchev–Trinajstić information content (AvgIpc) is 2.50. The summed E-state index contributed by atoms with van der Waals surface area (Å²) in [5, 5.41) is 11.1. The van der Waals surface area contributed by atoms with Crippen molar-refractivity contribution in [2.45, 2.75) is 25.7 Å². The number of rotatable bonds is 5. The van der Waals surface area contributed by atoms with Gasteiger partial charge in [0.2, 0.25) is 0 Å². The molecule has 0 aliphatic rings. The molecular weight excluding hydrogens is 334 g/mol. The Hall–Kier alpha value is -2.61. The fourth-order valence-electron chi connectivity index (χ4n) is 2.42. The maximum atomic E-state index is 12.5. The summed E-state index contributed by atoms with van der Waals surface area (Å²) < 4.78 is 35.0. The second-order valence-electron chi connectivity index (χ2n) is 5.36. The molecule has 24 heavy (non-hydrogen) atoms. The van der Waals surface area contributed by atoms with Gasteiger partial charge >= 0.3 is 15.8 Å². The molecule has 0 aromatic heterocycles. The zero-order chi connectivity index (χ0) is 18.1. The number of hydrogen-bond acceptors (Lipinski definition) is 6. The van der Waals surface area contributed by atoms with E-state index < -0.39 is 20.7 Å². The summed E-state index contributed by atoms with van der Waals surface area (Å²) >= 11 is 0. The summed E-state index contributed by atoms with van der Waals surface area (Å²) in [6.07, 6.45) is 0. The Morgan fingerprint density at radius 2 is 1.62 bits per heavy atom. The van der Waals surface area contributed by atoms with E-state index in [1.807, 2.05) is 6.92 Å². The van der Waals surface area contributed by atoms with Crippen molar-refractivity contribution in [3.05, 3.63) is 57.1 Å². The SMILES string of the molecule is COc1ccc(S(=O)(=O)Oc2c(C)cc(C)cc2C)cc1[N+](=O)[O-]. The molecule has 0 fully saturated rings. The Morgan fingerprint density at radius 3 is 2.12 bits per heavy atom. The van der Waals surface area contributed by atoms with Gasteiger partial charge in [0.25, 0.3) is 0 Å². The average molecular weight is 351 g/mol. The number of benzene rings is 2. The second-order valence-corrected chi connectivity index (χ2v) is 6.90. The molecule has 0 aliphatic heterocycles. The lowest BCUT2D eigenvalue weighted by Gasteiger charge is -2.13. The summed E-state index contributed by atoms with van der Waals surface area (Å²) in [6.45, 7) is 5.37. The van der Waals surface area contributed by atoms with Crippen LogP contribution in [0.3, 0.4) is 0 Å². The number of methoxy groups -OCH3 is 1. The van der Waals surface area contributed by atoms with Gasteiger partial charge in [-0.05, 0) is 44.0 Å². The number of nitro benzene ring substituents is 1. The Labute approximate surface area is 140 Å². The first kappa shape index (κ1) is 17.7. The fourth-order valence-corrected chi connectivity index (χ4v) is 3.49. The van der Waals surface area contributed by atoms with Gasteiger partial charge in [0.1, 0.15) is 10.6 Å². The van der Waals surface area contributed by atoms with Crippen molar-refractivity contribution in [3.8, 4) is 11.5 Å². The lowest BCUT2D eigenvalue weighted by Crippen LogP contribution is -2.12. The lowest BCUT2D eigenvalue weighted by molar-refractivity contribution is -0.386. The zero-order valence-electron chi connectivity index (χ0n) is 13.7. The standard InChI is InChI=1S/C16H17NO6S/c1-10-7-11(2)16(12(3)8-10)23-24(20,21)13-5-6-15(22-4)14(9-13)17(18)19/h5-9H,1-4H3. The van der Waals surface area contributed by atoms with Crippen molar-refractivity contribution in [2.24, 2.45) is 0 Å². The monoisotopic (exact) mass is 351 g/mol. The van der Waals surface area contributed by atoms with Crippen molar-refractivity contribution >= 4 is 15.8 Å². The first-order valence-corrected chi connectivity index (χ1v) is 8.41. The van der Waals surface area contributed by atoms with Crippen molar-refractivity contribution in [1.82, 2.24) is 0 Å². The summed E-state index contributed by atoms with van der Waals surface area (Å²) in [5.41, 5.74) is 1.87. The number of aryl methyl sites for hydroxylation is 3. The van der Waals surface area contributed by atoms with Crippen LogP contribution in [0.25, 0.3) is 0 Å². The minimum Gasteiger partial charge on any atom is -0.490 e. The highest BCUT2D eigenvalue weighted by Gasteiger charge is 2.24. The van der Waals surface area contributed by atoms with E-state index >= 15 is 0 Å². The third kappa shape index (κ3) is 3.48. The van der Waals surface area contributed by atoms with Crippen LogP contribution in [-0.2, 0) is 10.1 Å². The first-order valence-electron chi connectivity index (χ1n) is 7.00. The van der Waals surface area contributed by atoms with Gasteiger partial charge in [0, 0.05) is 6.07 Å². The van der Waals surface area contributed by atoms with Crippen LogP contribution in [0.4, 0.5) is 5.69 Å². The van der Waals surface area contributed by atoms with Gasteiger partial charge in [-0.3, -0.25) is 10.1 Å². The Morgan fingerprint density at radius 1 is 1.04 bits per heavy atom. The molecule has 2 aromatic rings. The van der Waals surface area contributed by atoms with Crippen molar-refractivity contribution in [3.63, 3.8) is 0 Å². The molecule has 0 aliphatic carbocycles. The molecule has 0 atom stereocenters. The molecule has 8 heteroatoms. The van der Waals surface area contributed by atoms with Crippen LogP contribution in [-0.4, -0.2) is 20.5 Å². The molecular formula is C16H17NO6S. The molecule has 0 bridgehead atoms. The fraction of sp³-hybridized carbons (Fsp3) is 0.250. The van der Waals surface area contributed by atoms with Crippen molar-refractivity contribution < 1.29 is 22.3 Å². The van der Waals surface area contributed by atoms with Gasteiger partial charge in [-0.2, -0.15) is 8.42 Å². The minimum atomic E-state index is -4.21. The van der Waals surface area contributed by atoms with Crippen LogP contribution >= 0.6 is 0 Å². The molecule has 0 saturated heterocycles. The van der Waals surface area contributed by atoms with Crippen LogP contribution in [0.1, 0.15) is 16.7 Å². The normalized spacial score (nSPS) is 11.2. The number of ether oxygens (including phenoxy) is 1. The topological polar surface area (TPSA) is 95.7 Å². The summed E-state index contributed by atoms with van der Waals surface area (Å²) in [6, 6.07) is 6.96. The summed E-state index contributed by atoms with van der Waals surface area (Å²) in [4.78, 5) is 10.0. The molecule has 7 nitrogen and oxygen atoms in total. The van der Waals surface area contributed by atoms with Crippen LogP contribution in [0, 0.1) is 30.9 Å². The third-order valence-electron chi connectivity index (χ3n) is 3.43. The van der Waals surface area contributed by atoms with Crippen LogP contribution in [0.5, 0.6) is 11.5 Å². The highest BCUT2D eigenvalue weighted by atomic mass is 32.2. The molecule has 0 saturated carbocycles. The quantitative estimate of drug-likeness (QED) is 0.466. The smallest absolute Gasteiger partial charge is 0.339 e. The molecule has 2 aromatic carbocycles. The molecule has 0 spiro atoms. The van der Waals surface area contributed by atoms with Gasteiger partial charge in [-0.15, -0.1) is 0 Å². The molecule has 0 radical (unpaired) electrons. The highest BCUT2D eigenvalue weighted by molar-refractivity contribution is 7.87. The van der Waals surface area contributed by atoms with Gasteiger partial charge < -0.3 is 8.92 Å². The Kier molecular flexibility index (Phi) is 4.79. The molecule has 128 valence electrons. The molecule has 0 unspecified atom stereocenters. The van der Waals surface area contributed by atoms with E-state index in [1.165, 1.54) is 19.2 Å². The molecule has 2 rings (SSSR count). The zero-order valence-corrected chi connectivity index (χ0v) is 14.5. The van der Waals surface area contributed by atoms with E-state index in [-0.39, 0.29) is 16.4 Å². The summed E-state index contributed by atoms with van der Waals surface area (Å²) in [7, 11) is -2.94. The van der Waals surface area contributed by atoms with Crippen LogP contribution in [0.2, 0.25) is 0 Å². The van der Waals surface area contributed by atoms with Crippen molar-refractivity contribution in [2.75, 3.05) is 7.11 Å². The van der Waals surface area contributed by atoms with Gasteiger partial charge in [0.05, 0.1) is 12.0 Å². The predicted octanol–water partition coefficient (Wildman–Crippen LogP) is 3.30. The van der Waals surface area contributed by atoms with E-state index in [0.29, 0.717) is 11.1 Å². The Balaban J connectivity index is 2.49. The largest absolute Gasteiger partial charge is 0.490 e. The Bertz CT molecular complexity index is 882. The number of nitrogens with zero attached hydrogens (tertiary/aromatic N) is 1. The van der Waals surface area contributed by atoms with Gasteiger partial charge in [0.15, 0.2) is 5.75 Å². The lowest BCUT2D eigenvalue weighted by atomic mass is 10.1. The van der Waals surface area contributed by atoms with E-state index in [2.05, 4.69) is 0 Å². The van der Waals surface area contributed by atoms with E-state index in [9.17, 15) is 18.5 Å². The maximum Gasteiger partial charge on any atom is 0.339 e. The van der Waals surface area contributed by atoms with E-state index in [0.717, 1.165) is 11.6 Å². The predicted molar refractivity (Wildman–Crippen MR) is 88.1 cm³/mol. The highest BCUT2D eigenvalue weighted by Crippen LogP contribution is 2.32. The first-order chi connectivity index (χ1) is 11.2. The summed E-state index contributed by atoms with van der Waals surface area (Å²) in [5.74, 6) is 0.195. The van der Waals surface area contributed by atoms with Gasteiger partial charge in [-0.25, -0.2) is 0 Å². The maximum absolute atomic E-state index is 12.5. The van der Waals surface area contributed by atoms with Gasteiger partial charge in [-0.1, -0.05) is 17.7 Å². The number of nitro groups is 1. The molecule has 0 amide bonds. The third-order valence-corrected chi connectivity index (χ3v) is 4.65. The second kappa shape index (κ2) is 6.48. The minimum absolute atomic E-state index is 0.0263.